The van der Waals surface area contributed by atoms with Gasteiger partial charge in [0, 0.05) is 5.69 Å². The van der Waals surface area contributed by atoms with Crippen molar-refractivity contribution in [2.24, 2.45) is 0 Å². The Morgan fingerprint density at radius 1 is 1.13 bits per heavy atom. The lowest BCUT2D eigenvalue weighted by Crippen LogP contribution is -2.42. The summed E-state index contributed by atoms with van der Waals surface area (Å²) in [6.07, 6.45) is 0. The van der Waals surface area contributed by atoms with Crippen LogP contribution < -0.4 is 15.4 Å². The van der Waals surface area contributed by atoms with E-state index >= 15 is 0 Å². The largest absolute Gasteiger partial charge is 0.495 e. The second-order valence-electron chi connectivity index (χ2n) is 7.37. The maximum atomic E-state index is 13.2. The first kappa shape index (κ1) is 20.7. The molecule has 3 aromatic carbocycles. The lowest BCUT2D eigenvalue weighted by molar-refractivity contribution is -0.133. The molecule has 7 nitrogen and oxygen atoms in total. The van der Waals surface area contributed by atoms with Crippen LogP contribution in [0.3, 0.4) is 0 Å². The molecule has 1 atom stereocenters. The second-order valence-corrected chi connectivity index (χ2v) is 7.78. The van der Waals surface area contributed by atoms with Crippen LogP contribution in [-0.2, 0) is 15.1 Å². The van der Waals surface area contributed by atoms with Gasteiger partial charge in [-0.15, -0.1) is 0 Å². The molecule has 0 spiro atoms. The van der Waals surface area contributed by atoms with Crippen molar-refractivity contribution in [3.8, 4) is 5.75 Å². The molecule has 0 aliphatic carbocycles. The van der Waals surface area contributed by atoms with E-state index in [0.717, 1.165) is 15.7 Å². The summed E-state index contributed by atoms with van der Waals surface area (Å²) >= 11 is 6.08. The number of anilines is 1. The molecule has 8 heteroatoms. The zero-order valence-corrected chi connectivity index (χ0v) is 17.7. The molecule has 0 radical (unpaired) electrons. The van der Waals surface area contributed by atoms with E-state index in [4.69, 9.17) is 16.3 Å². The fourth-order valence-corrected chi connectivity index (χ4v) is 4.03. The predicted molar refractivity (Wildman–Crippen MR) is 118 cm³/mol. The van der Waals surface area contributed by atoms with Crippen LogP contribution in [0.15, 0.2) is 60.7 Å². The molecule has 3 aromatic rings. The van der Waals surface area contributed by atoms with Crippen LogP contribution in [0.4, 0.5) is 10.5 Å². The number of ether oxygens (including phenoxy) is 1. The maximum Gasteiger partial charge on any atom is 0.325 e. The average molecular weight is 438 g/mol. The summed E-state index contributed by atoms with van der Waals surface area (Å²) in [6, 6.07) is 17.4. The van der Waals surface area contributed by atoms with E-state index in [0.29, 0.717) is 22.0 Å². The minimum Gasteiger partial charge on any atom is -0.495 e. The van der Waals surface area contributed by atoms with E-state index in [1.54, 1.807) is 19.1 Å². The molecule has 4 rings (SSSR count). The Morgan fingerprint density at radius 3 is 2.61 bits per heavy atom. The fourth-order valence-electron chi connectivity index (χ4n) is 3.77. The van der Waals surface area contributed by atoms with Crippen LogP contribution in [-0.4, -0.2) is 36.4 Å². The molecule has 2 N–H and O–H groups in total. The lowest BCUT2D eigenvalue weighted by Gasteiger charge is -2.24. The topological polar surface area (TPSA) is 87.7 Å². The number of benzene rings is 3. The van der Waals surface area contributed by atoms with Crippen molar-refractivity contribution >= 4 is 45.9 Å². The number of amides is 4. The summed E-state index contributed by atoms with van der Waals surface area (Å²) in [4.78, 5) is 39.3. The van der Waals surface area contributed by atoms with E-state index in [1.165, 1.54) is 13.2 Å². The van der Waals surface area contributed by atoms with Crippen molar-refractivity contribution in [2.45, 2.75) is 12.5 Å². The average Bonchev–Trinajstić information content (AvgIpc) is 2.97. The van der Waals surface area contributed by atoms with Gasteiger partial charge in [0.2, 0.25) is 5.91 Å². The molecule has 158 valence electrons. The van der Waals surface area contributed by atoms with Gasteiger partial charge in [-0.2, -0.15) is 0 Å². The summed E-state index contributed by atoms with van der Waals surface area (Å²) in [5, 5.41) is 7.55. The summed E-state index contributed by atoms with van der Waals surface area (Å²) in [5.41, 5.74) is -0.171. The molecule has 31 heavy (non-hydrogen) atoms. The summed E-state index contributed by atoms with van der Waals surface area (Å²) in [5.74, 6) is -0.539. The smallest absolute Gasteiger partial charge is 0.325 e. The number of carbonyl (C=O) groups is 3. The van der Waals surface area contributed by atoms with E-state index in [-0.39, 0.29) is 0 Å². The highest BCUT2D eigenvalue weighted by atomic mass is 35.5. The number of nitrogens with one attached hydrogen (secondary N) is 2. The number of hydrogen-bond donors (Lipinski definition) is 2. The van der Waals surface area contributed by atoms with Crippen LogP contribution in [0.1, 0.15) is 12.5 Å². The highest BCUT2D eigenvalue weighted by Crippen LogP contribution is 2.34. The van der Waals surface area contributed by atoms with Gasteiger partial charge >= 0.3 is 6.03 Å². The minimum atomic E-state index is -1.28. The maximum absolute atomic E-state index is 13.2. The Morgan fingerprint density at radius 2 is 1.87 bits per heavy atom. The van der Waals surface area contributed by atoms with Gasteiger partial charge < -0.3 is 15.4 Å². The first-order valence-electron chi connectivity index (χ1n) is 9.59. The first-order valence-corrected chi connectivity index (χ1v) is 9.97. The number of imide groups is 1. The molecule has 1 aliphatic heterocycles. The number of methoxy groups -OCH3 is 1. The summed E-state index contributed by atoms with van der Waals surface area (Å²) in [6.45, 7) is 1.23. The summed E-state index contributed by atoms with van der Waals surface area (Å²) in [7, 11) is 1.49. The Kier molecular flexibility index (Phi) is 5.29. The van der Waals surface area contributed by atoms with E-state index in [1.807, 2.05) is 42.5 Å². The van der Waals surface area contributed by atoms with Crippen molar-refractivity contribution in [3.05, 3.63) is 71.2 Å². The van der Waals surface area contributed by atoms with Crippen LogP contribution >= 0.6 is 11.6 Å². The zero-order valence-electron chi connectivity index (χ0n) is 16.9. The van der Waals surface area contributed by atoms with Gasteiger partial charge in [0.1, 0.15) is 17.8 Å². The minimum absolute atomic E-state index is 0.332. The standard InChI is InChI=1S/C23H20ClN3O4/c1-23(17-9-5-7-14-6-3-4-8-16(14)17)21(29)27(22(30)26-23)13-20(28)25-15-10-11-19(31-2)18(24)12-15/h3-12H,13H2,1-2H3,(H,25,28)(H,26,30)/t23-/m0/s1. The van der Waals surface area contributed by atoms with Crippen molar-refractivity contribution in [1.29, 1.82) is 0 Å². The molecule has 0 bridgehead atoms. The Labute approximate surface area is 183 Å². The van der Waals surface area contributed by atoms with Crippen molar-refractivity contribution in [1.82, 2.24) is 10.2 Å². The van der Waals surface area contributed by atoms with Gasteiger partial charge in [0.05, 0.1) is 12.1 Å². The van der Waals surface area contributed by atoms with Gasteiger partial charge in [-0.1, -0.05) is 54.1 Å². The van der Waals surface area contributed by atoms with Gasteiger partial charge in [-0.3, -0.25) is 14.5 Å². The fraction of sp³-hybridized carbons (Fsp3) is 0.174. The SMILES string of the molecule is COc1ccc(NC(=O)CN2C(=O)N[C@@](C)(c3cccc4ccccc34)C2=O)cc1Cl. The second kappa shape index (κ2) is 7.92. The van der Waals surface area contributed by atoms with Crippen LogP contribution in [0.5, 0.6) is 5.75 Å². The van der Waals surface area contributed by atoms with Crippen LogP contribution in [0.2, 0.25) is 5.02 Å². The van der Waals surface area contributed by atoms with Gasteiger partial charge in [0.15, 0.2) is 0 Å². The first-order chi connectivity index (χ1) is 14.8. The Bertz CT molecular complexity index is 1210. The quantitative estimate of drug-likeness (QED) is 0.592. The van der Waals surface area contributed by atoms with Crippen molar-refractivity contribution < 1.29 is 19.1 Å². The van der Waals surface area contributed by atoms with Crippen molar-refractivity contribution in [3.63, 3.8) is 0 Å². The molecule has 0 aromatic heterocycles. The molecular formula is C23H20ClN3O4. The third kappa shape index (κ3) is 3.68. The predicted octanol–water partition coefficient (Wildman–Crippen LogP) is 3.91. The van der Waals surface area contributed by atoms with E-state index in [9.17, 15) is 14.4 Å². The van der Waals surface area contributed by atoms with Crippen molar-refractivity contribution in [2.75, 3.05) is 19.0 Å². The zero-order chi connectivity index (χ0) is 22.2. The van der Waals surface area contributed by atoms with E-state index < -0.39 is 29.9 Å². The summed E-state index contributed by atoms with van der Waals surface area (Å²) < 4.78 is 5.09. The Balaban J connectivity index is 1.55. The third-order valence-corrected chi connectivity index (χ3v) is 5.64. The number of rotatable bonds is 5. The number of fused-ring (bicyclic) bond motifs is 1. The molecule has 1 fully saturated rings. The highest BCUT2D eigenvalue weighted by Gasteiger charge is 2.50. The molecule has 1 heterocycles. The third-order valence-electron chi connectivity index (χ3n) is 5.34. The van der Waals surface area contributed by atoms with Crippen LogP contribution in [0, 0.1) is 0 Å². The number of hydrogen-bond acceptors (Lipinski definition) is 4. The monoisotopic (exact) mass is 437 g/mol. The lowest BCUT2D eigenvalue weighted by atomic mass is 9.88. The van der Waals surface area contributed by atoms with Crippen LogP contribution in [0.25, 0.3) is 10.8 Å². The van der Waals surface area contributed by atoms with E-state index in [2.05, 4.69) is 10.6 Å². The van der Waals surface area contributed by atoms with Gasteiger partial charge in [-0.05, 0) is 41.5 Å². The highest BCUT2D eigenvalue weighted by molar-refractivity contribution is 6.32. The molecule has 0 unspecified atom stereocenters. The molecular weight excluding hydrogens is 418 g/mol. The number of carbonyl (C=O) groups excluding carboxylic acids is 3. The van der Waals surface area contributed by atoms with Gasteiger partial charge in [0.25, 0.3) is 5.91 Å². The normalized spacial score (nSPS) is 18.2. The Hall–Kier alpha value is -3.58. The van der Waals surface area contributed by atoms with Gasteiger partial charge in [-0.25, -0.2) is 4.79 Å². The molecule has 4 amide bonds. The number of urea groups is 1. The number of halogens is 1. The molecule has 1 saturated heterocycles. The number of nitrogens with zero attached hydrogens (tertiary/aromatic N) is 1. The molecule has 1 aliphatic rings. The molecule has 0 saturated carbocycles.